The Morgan fingerprint density at radius 2 is 1.69 bits per heavy atom. The molecule has 0 spiro atoms. The SMILES string of the molecule is C=CCN(CC=C)Cc1cccc(-c2cc(Nc3cccc(CS(N)(=O)=O)c3)ncn2)c1. The molecule has 0 atom stereocenters. The molecule has 0 amide bonds. The summed E-state index contributed by atoms with van der Waals surface area (Å²) in [5.74, 6) is 0.382. The van der Waals surface area contributed by atoms with E-state index in [0.29, 0.717) is 17.1 Å². The van der Waals surface area contributed by atoms with E-state index in [4.69, 9.17) is 5.14 Å². The summed E-state index contributed by atoms with van der Waals surface area (Å²) in [6, 6.07) is 17.1. The van der Waals surface area contributed by atoms with E-state index in [9.17, 15) is 8.42 Å². The van der Waals surface area contributed by atoms with Crippen LogP contribution in [0, 0.1) is 0 Å². The number of anilines is 2. The number of rotatable bonds is 11. The van der Waals surface area contributed by atoms with Gasteiger partial charge in [-0.3, -0.25) is 4.90 Å². The lowest BCUT2D eigenvalue weighted by Gasteiger charge is -2.19. The molecule has 166 valence electrons. The number of nitrogens with zero attached hydrogens (tertiary/aromatic N) is 3. The number of hydrogen-bond donors (Lipinski definition) is 2. The third kappa shape index (κ3) is 7.12. The minimum absolute atomic E-state index is 0.223. The van der Waals surface area contributed by atoms with Crippen LogP contribution in [-0.2, 0) is 22.3 Å². The Morgan fingerprint density at radius 3 is 2.41 bits per heavy atom. The van der Waals surface area contributed by atoms with Crippen LogP contribution in [0.15, 0.2) is 86.2 Å². The van der Waals surface area contributed by atoms with Crippen LogP contribution in [0.2, 0.25) is 0 Å². The smallest absolute Gasteiger partial charge is 0.213 e. The number of aromatic nitrogens is 2. The average molecular weight is 450 g/mol. The first kappa shape index (κ1) is 23.3. The van der Waals surface area contributed by atoms with Crippen molar-refractivity contribution < 1.29 is 8.42 Å². The Kier molecular flexibility index (Phi) is 7.88. The van der Waals surface area contributed by atoms with E-state index in [0.717, 1.165) is 36.5 Å². The zero-order valence-electron chi connectivity index (χ0n) is 17.8. The molecule has 8 heteroatoms. The van der Waals surface area contributed by atoms with Gasteiger partial charge in [0.2, 0.25) is 10.0 Å². The number of nitrogens with two attached hydrogens (primary N) is 1. The molecule has 2 aromatic carbocycles. The molecule has 0 radical (unpaired) electrons. The largest absolute Gasteiger partial charge is 0.340 e. The second-order valence-corrected chi connectivity index (χ2v) is 9.01. The van der Waals surface area contributed by atoms with Crippen LogP contribution in [0.4, 0.5) is 11.5 Å². The van der Waals surface area contributed by atoms with Crippen LogP contribution in [0.3, 0.4) is 0 Å². The van der Waals surface area contributed by atoms with Crippen LogP contribution in [0.5, 0.6) is 0 Å². The van der Waals surface area contributed by atoms with Crippen molar-refractivity contribution in [2.75, 3.05) is 18.4 Å². The van der Waals surface area contributed by atoms with E-state index in [-0.39, 0.29) is 5.75 Å². The monoisotopic (exact) mass is 449 g/mol. The molecule has 1 heterocycles. The van der Waals surface area contributed by atoms with Crippen LogP contribution in [0.25, 0.3) is 11.3 Å². The van der Waals surface area contributed by atoms with E-state index >= 15 is 0 Å². The van der Waals surface area contributed by atoms with Crippen LogP contribution in [-0.4, -0.2) is 36.4 Å². The molecule has 0 bridgehead atoms. The van der Waals surface area contributed by atoms with Gasteiger partial charge in [0.1, 0.15) is 12.1 Å². The quantitative estimate of drug-likeness (QED) is 0.431. The lowest BCUT2D eigenvalue weighted by atomic mass is 10.1. The molecule has 7 nitrogen and oxygen atoms in total. The van der Waals surface area contributed by atoms with Gasteiger partial charge in [-0.25, -0.2) is 23.5 Å². The van der Waals surface area contributed by atoms with Gasteiger partial charge in [0.15, 0.2) is 0 Å². The van der Waals surface area contributed by atoms with Gasteiger partial charge in [-0.05, 0) is 29.3 Å². The molecule has 3 N–H and O–H groups in total. The van der Waals surface area contributed by atoms with Gasteiger partial charge in [-0.15, -0.1) is 13.2 Å². The van der Waals surface area contributed by atoms with Crippen molar-refractivity contribution in [2.45, 2.75) is 12.3 Å². The van der Waals surface area contributed by atoms with Crippen molar-refractivity contribution in [2.24, 2.45) is 5.14 Å². The Labute approximate surface area is 189 Å². The summed E-state index contributed by atoms with van der Waals surface area (Å²) in [6.45, 7) is 9.98. The normalized spacial score (nSPS) is 11.3. The zero-order chi connectivity index (χ0) is 23.0. The van der Waals surface area contributed by atoms with Gasteiger partial charge in [-0.1, -0.05) is 42.5 Å². The van der Waals surface area contributed by atoms with Crippen LogP contribution < -0.4 is 10.5 Å². The summed E-state index contributed by atoms with van der Waals surface area (Å²) in [6.07, 6.45) is 5.27. The standard InChI is InChI=1S/C24H27N5O2S/c1-3-11-29(12-4-2)16-19-7-5-9-21(13-19)23-15-24(27-18-26-23)28-22-10-6-8-20(14-22)17-32(25,30)31/h3-10,13-15,18H,1-2,11-12,16-17H2,(H2,25,30,31)(H,26,27,28). The van der Waals surface area contributed by atoms with Crippen LogP contribution >= 0.6 is 0 Å². The Bertz CT molecular complexity index is 1180. The van der Waals surface area contributed by atoms with E-state index in [1.165, 1.54) is 6.33 Å². The summed E-state index contributed by atoms with van der Waals surface area (Å²) in [5, 5.41) is 8.35. The molecule has 3 rings (SSSR count). The van der Waals surface area contributed by atoms with Crippen molar-refractivity contribution in [3.05, 3.63) is 97.4 Å². The maximum absolute atomic E-state index is 11.4. The number of hydrogen-bond acceptors (Lipinski definition) is 6. The summed E-state index contributed by atoms with van der Waals surface area (Å²) in [4.78, 5) is 10.9. The van der Waals surface area contributed by atoms with Crippen molar-refractivity contribution >= 4 is 21.5 Å². The number of nitrogens with one attached hydrogen (secondary N) is 1. The molecular formula is C24H27N5O2S. The maximum atomic E-state index is 11.4. The number of sulfonamides is 1. The van der Waals surface area contributed by atoms with Gasteiger partial charge in [-0.2, -0.15) is 0 Å². The molecule has 0 saturated carbocycles. The summed E-state index contributed by atoms with van der Waals surface area (Å²) >= 11 is 0. The third-order valence-electron chi connectivity index (χ3n) is 4.64. The molecule has 0 fully saturated rings. The predicted octanol–water partition coefficient (Wildman–Crippen LogP) is 3.85. The van der Waals surface area contributed by atoms with E-state index < -0.39 is 10.0 Å². The van der Waals surface area contributed by atoms with Gasteiger partial charge < -0.3 is 5.32 Å². The molecule has 0 aliphatic carbocycles. The average Bonchev–Trinajstić information content (AvgIpc) is 2.74. The van der Waals surface area contributed by atoms with Crippen molar-refractivity contribution in [3.8, 4) is 11.3 Å². The van der Waals surface area contributed by atoms with E-state index in [2.05, 4.69) is 45.5 Å². The van der Waals surface area contributed by atoms with Crippen molar-refractivity contribution in [1.82, 2.24) is 14.9 Å². The lowest BCUT2D eigenvalue weighted by molar-refractivity contribution is 0.328. The maximum Gasteiger partial charge on any atom is 0.213 e. The van der Waals surface area contributed by atoms with Crippen molar-refractivity contribution in [3.63, 3.8) is 0 Å². The summed E-state index contributed by atoms with van der Waals surface area (Å²) in [7, 11) is -3.60. The predicted molar refractivity (Wildman–Crippen MR) is 130 cm³/mol. The van der Waals surface area contributed by atoms with E-state index in [1.807, 2.05) is 36.4 Å². The van der Waals surface area contributed by atoms with Crippen LogP contribution in [0.1, 0.15) is 11.1 Å². The van der Waals surface area contributed by atoms with Gasteiger partial charge in [0.25, 0.3) is 0 Å². The molecule has 32 heavy (non-hydrogen) atoms. The van der Waals surface area contributed by atoms with E-state index in [1.54, 1.807) is 18.2 Å². The second kappa shape index (κ2) is 10.8. The summed E-state index contributed by atoms with van der Waals surface area (Å²) in [5.41, 5.74) is 4.24. The molecule has 0 aliphatic rings. The fourth-order valence-electron chi connectivity index (χ4n) is 3.36. The Morgan fingerprint density at radius 1 is 0.969 bits per heavy atom. The molecule has 3 aromatic rings. The highest BCUT2D eigenvalue weighted by Gasteiger charge is 2.08. The topological polar surface area (TPSA) is 101 Å². The molecule has 0 saturated heterocycles. The van der Waals surface area contributed by atoms with Gasteiger partial charge >= 0.3 is 0 Å². The molecule has 1 aromatic heterocycles. The minimum Gasteiger partial charge on any atom is -0.340 e. The number of benzene rings is 2. The highest BCUT2D eigenvalue weighted by molar-refractivity contribution is 7.88. The molecule has 0 aliphatic heterocycles. The number of primary sulfonamides is 1. The highest BCUT2D eigenvalue weighted by atomic mass is 32.2. The first-order valence-corrected chi connectivity index (χ1v) is 11.8. The molecular weight excluding hydrogens is 422 g/mol. The molecule has 0 unspecified atom stereocenters. The Balaban J connectivity index is 1.79. The van der Waals surface area contributed by atoms with Gasteiger partial charge in [0.05, 0.1) is 11.4 Å². The Hall–Kier alpha value is -3.33. The van der Waals surface area contributed by atoms with Crippen molar-refractivity contribution in [1.29, 1.82) is 0 Å². The zero-order valence-corrected chi connectivity index (χ0v) is 18.6. The highest BCUT2D eigenvalue weighted by Crippen LogP contribution is 2.23. The minimum atomic E-state index is -3.60. The third-order valence-corrected chi connectivity index (χ3v) is 5.37. The fraction of sp³-hybridized carbons (Fsp3) is 0.167. The second-order valence-electron chi connectivity index (χ2n) is 7.39. The lowest BCUT2D eigenvalue weighted by Crippen LogP contribution is -2.23. The first-order chi connectivity index (χ1) is 15.4. The summed E-state index contributed by atoms with van der Waals surface area (Å²) < 4.78 is 22.7. The van der Waals surface area contributed by atoms with Gasteiger partial charge in [0, 0.05) is 37.0 Å². The fourth-order valence-corrected chi connectivity index (χ4v) is 4.00. The first-order valence-electron chi connectivity index (χ1n) is 10.1.